The molecular formula is C49H28N2O4. The van der Waals surface area contributed by atoms with Crippen molar-refractivity contribution < 1.29 is 17.7 Å². The third-order valence-corrected chi connectivity index (χ3v) is 10.7. The van der Waals surface area contributed by atoms with Crippen molar-refractivity contribution in [3.05, 3.63) is 170 Å². The quantitative estimate of drug-likeness (QED) is 0.177. The lowest BCUT2D eigenvalue weighted by atomic mass is 10.0. The van der Waals surface area contributed by atoms with Gasteiger partial charge in [0.05, 0.1) is 0 Å². The molecule has 0 unspecified atom stereocenters. The minimum absolute atomic E-state index is 0.599. The molecule has 12 aromatic rings. The molecule has 6 heteroatoms. The Balaban J connectivity index is 0.943. The Morgan fingerprint density at radius 1 is 0.309 bits per heavy atom. The molecule has 0 saturated carbocycles. The van der Waals surface area contributed by atoms with Gasteiger partial charge in [0.25, 0.3) is 0 Å². The first-order valence-corrected chi connectivity index (χ1v) is 18.3. The molecule has 0 atom stereocenters. The molecule has 0 amide bonds. The number of rotatable bonds is 5. The molecule has 6 nitrogen and oxygen atoms in total. The monoisotopic (exact) mass is 708 g/mol. The summed E-state index contributed by atoms with van der Waals surface area (Å²) in [7, 11) is 0. The van der Waals surface area contributed by atoms with Crippen LogP contribution in [0.25, 0.3) is 99.5 Å². The Kier molecular flexibility index (Phi) is 6.24. The van der Waals surface area contributed by atoms with E-state index in [1.54, 1.807) is 0 Å². The average Bonchev–Trinajstić information content (AvgIpc) is 4.01. The zero-order valence-corrected chi connectivity index (χ0v) is 29.2. The van der Waals surface area contributed by atoms with Crippen LogP contribution in [0.5, 0.6) is 0 Å². The number of furan rings is 3. The van der Waals surface area contributed by atoms with Crippen molar-refractivity contribution in [2.75, 3.05) is 4.90 Å². The average molecular weight is 709 g/mol. The summed E-state index contributed by atoms with van der Waals surface area (Å²) in [5.74, 6) is 0.599. The van der Waals surface area contributed by atoms with Crippen LogP contribution in [-0.2, 0) is 0 Å². The number of benzene rings is 8. The number of hydrogen-bond acceptors (Lipinski definition) is 6. The highest BCUT2D eigenvalue weighted by molar-refractivity contribution is 6.10. The maximum atomic E-state index is 6.42. The van der Waals surface area contributed by atoms with Gasteiger partial charge in [0.1, 0.15) is 39.0 Å². The van der Waals surface area contributed by atoms with Crippen molar-refractivity contribution in [2.24, 2.45) is 0 Å². The molecule has 0 N–H and O–H groups in total. The Morgan fingerprint density at radius 3 is 1.69 bits per heavy atom. The fourth-order valence-corrected chi connectivity index (χ4v) is 8.04. The molecule has 4 aromatic heterocycles. The zero-order valence-electron chi connectivity index (χ0n) is 29.2. The Bertz CT molecular complexity index is 3440. The van der Waals surface area contributed by atoms with Crippen LogP contribution in [-0.4, -0.2) is 4.98 Å². The van der Waals surface area contributed by atoms with Gasteiger partial charge in [-0.1, -0.05) is 72.8 Å². The minimum atomic E-state index is 0.599. The van der Waals surface area contributed by atoms with Crippen LogP contribution in [0, 0.1) is 0 Å². The van der Waals surface area contributed by atoms with Crippen molar-refractivity contribution in [3.63, 3.8) is 0 Å². The van der Waals surface area contributed by atoms with Crippen molar-refractivity contribution >= 4 is 94.0 Å². The first kappa shape index (κ1) is 29.9. The summed E-state index contributed by atoms with van der Waals surface area (Å²) >= 11 is 0. The molecule has 0 spiro atoms. The molecule has 8 aromatic carbocycles. The number of anilines is 3. The molecule has 0 saturated heterocycles. The predicted octanol–water partition coefficient (Wildman–Crippen LogP) is 14.3. The topological polar surface area (TPSA) is 68.7 Å². The molecule has 0 bridgehead atoms. The highest BCUT2D eigenvalue weighted by Gasteiger charge is 2.19. The van der Waals surface area contributed by atoms with Crippen molar-refractivity contribution in [1.29, 1.82) is 0 Å². The predicted molar refractivity (Wildman–Crippen MR) is 221 cm³/mol. The molecule has 0 aliphatic heterocycles. The first-order valence-electron chi connectivity index (χ1n) is 18.3. The Labute approximate surface area is 313 Å². The van der Waals surface area contributed by atoms with Crippen LogP contribution in [0.15, 0.2) is 188 Å². The van der Waals surface area contributed by atoms with E-state index in [9.17, 15) is 0 Å². The van der Waals surface area contributed by atoms with Gasteiger partial charge >= 0.3 is 0 Å². The SMILES string of the molecule is c1ccc(-c2nc3cc4c(cc3o2)oc2cc(-c3ccc(N(c5ccc6c(c5)oc5ccccc56)c5ccc6oc7ccccc7c6c5)cc3)ccc24)cc1. The molecule has 4 heterocycles. The highest BCUT2D eigenvalue weighted by atomic mass is 16.4. The molecule has 55 heavy (non-hydrogen) atoms. The van der Waals surface area contributed by atoms with E-state index in [1.807, 2.05) is 66.7 Å². The normalized spacial score (nSPS) is 12.0. The number of nitrogens with zero attached hydrogens (tertiary/aromatic N) is 2. The number of para-hydroxylation sites is 2. The number of oxazole rings is 1. The molecule has 258 valence electrons. The van der Waals surface area contributed by atoms with E-state index in [1.165, 1.54) is 0 Å². The van der Waals surface area contributed by atoms with Crippen molar-refractivity contribution in [3.8, 4) is 22.6 Å². The van der Waals surface area contributed by atoms with E-state index in [2.05, 4.69) is 108 Å². The number of hydrogen-bond donors (Lipinski definition) is 0. The third kappa shape index (κ3) is 4.71. The van der Waals surface area contributed by atoms with Crippen LogP contribution >= 0.6 is 0 Å². The van der Waals surface area contributed by atoms with Gasteiger partial charge in [-0.25, -0.2) is 4.98 Å². The van der Waals surface area contributed by atoms with E-state index in [0.29, 0.717) is 11.5 Å². The van der Waals surface area contributed by atoms with Gasteiger partial charge in [0.2, 0.25) is 5.89 Å². The van der Waals surface area contributed by atoms with E-state index < -0.39 is 0 Å². The lowest BCUT2D eigenvalue weighted by Gasteiger charge is -2.25. The largest absolute Gasteiger partial charge is 0.456 e. The van der Waals surface area contributed by atoms with Gasteiger partial charge in [0, 0.05) is 67.1 Å². The third-order valence-electron chi connectivity index (χ3n) is 10.7. The first-order chi connectivity index (χ1) is 27.2. The summed E-state index contributed by atoms with van der Waals surface area (Å²) < 4.78 is 25.1. The second-order valence-corrected chi connectivity index (χ2v) is 14.0. The van der Waals surface area contributed by atoms with E-state index in [0.717, 1.165) is 105 Å². The van der Waals surface area contributed by atoms with E-state index >= 15 is 0 Å². The standard InChI is InChI=1S/C49H28N2O4/c1-2-8-30(9-3-1)49-50-41-27-40-38-21-16-31(24-45(38)54-47(40)28-48(41)55-49)29-14-17-32(18-15-29)51(33-20-23-44-39(25-33)36-11-5-7-13-43(36)52-44)34-19-22-37-35-10-4-6-12-42(35)53-46(37)26-34/h1-28H. The van der Waals surface area contributed by atoms with Gasteiger partial charge < -0.3 is 22.6 Å². The maximum absolute atomic E-state index is 6.42. The van der Waals surface area contributed by atoms with Gasteiger partial charge in [-0.15, -0.1) is 0 Å². The molecule has 12 rings (SSSR count). The zero-order chi connectivity index (χ0) is 36.0. The lowest BCUT2D eigenvalue weighted by molar-refractivity contribution is 0.617. The fourth-order valence-electron chi connectivity index (χ4n) is 8.04. The highest BCUT2D eigenvalue weighted by Crippen LogP contribution is 2.42. The van der Waals surface area contributed by atoms with Gasteiger partial charge in [-0.05, 0) is 96.1 Å². The van der Waals surface area contributed by atoms with Crippen molar-refractivity contribution in [2.45, 2.75) is 0 Å². The van der Waals surface area contributed by atoms with Crippen LogP contribution in [0.2, 0.25) is 0 Å². The van der Waals surface area contributed by atoms with Gasteiger partial charge in [-0.3, -0.25) is 0 Å². The second kappa shape index (κ2) is 11.5. The molecule has 0 fully saturated rings. The Morgan fingerprint density at radius 2 is 0.855 bits per heavy atom. The summed E-state index contributed by atoms with van der Waals surface area (Å²) in [6.07, 6.45) is 0. The van der Waals surface area contributed by atoms with Crippen LogP contribution in [0.4, 0.5) is 17.1 Å². The second-order valence-electron chi connectivity index (χ2n) is 14.0. The minimum Gasteiger partial charge on any atom is -0.456 e. The van der Waals surface area contributed by atoms with E-state index in [-0.39, 0.29) is 0 Å². The maximum Gasteiger partial charge on any atom is 0.227 e. The molecule has 0 radical (unpaired) electrons. The van der Waals surface area contributed by atoms with Crippen molar-refractivity contribution in [1.82, 2.24) is 4.98 Å². The van der Waals surface area contributed by atoms with Crippen LogP contribution in [0.3, 0.4) is 0 Å². The Hall–Kier alpha value is -7.57. The fraction of sp³-hybridized carbons (Fsp3) is 0. The summed E-state index contributed by atoms with van der Waals surface area (Å²) in [5.41, 5.74) is 12.6. The number of aromatic nitrogens is 1. The molecular weight excluding hydrogens is 681 g/mol. The lowest BCUT2D eigenvalue weighted by Crippen LogP contribution is -2.09. The van der Waals surface area contributed by atoms with Crippen LogP contribution in [0.1, 0.15) is 0 Å². The smallest absolute Gasteiger partial charge is 0.227 e. The summed E-state index contributed by atoms with van der Waals surface area (Å²) in [5, 5.41) is 6.40. The number of fused-ring (bicyclic) bond motifs is 10. The van der Waals surface area contributed by atoms with Crippen LogP contribution < -0.4 is 4.90 Å². The molecule has 0 aliphatic rings. The van der Waals surface area contributed by atoms with Gasteiger partial charge in [0.15, 0.2) is 5.58 Å². The summed E-state index contributed by atoms with van der Waals surface area (Å²) in [6.45, 7) is 0. The summed E-state index contributed by atoms with van der Waals surface area (Å²) in [6, 6.07) is 58.2. The summed E-state index contributed by atoms with van der Waals surface area (Å²) in [4.78, 5) is 7.05. The van der Waals surface area contributed by atoms with E-state index in [4.69, 9.17) is 22.7 Å². The van der Waals surface area contributed by atoms with Gasteiger partial charge in [-0.2, -0.15) is 0 Å². The molecule has 0 aliphatic carbocycles.